The van der Waals surface area contributed by atoms with Gasteiger partial charge in [0.1, 0.15) is 6.54 Å². The largest absolute Gasteiger partial charge is 0.352 e. The Hall–Kier alpha value is -3.48. The highest BCUT2D eigenvalue weighted by atomic mass is 16.2. The number of likely N-dealkylation sites (tertiary alicyclic amines) is 1. The molecule has 0 radical (unpaired) electrons. The molecule has 1 unspecified atom stereocenters. The lowest BCUT2D eigenvalue weighted by Crippen LogP contribution is -2.48. The lowest BCUT2D eigenvalue weighted by atomic mass is 9.93. The smallest absolute Gasteiger partial charge is 0.269 e. The maximum atomic E-state index is 13.1. The fourth-order valence-electron chi connectivity index (χ4n) is 4.40. The Morgan fingerprint density at radius 3 is 2.47 bits per heavy atom. The molecule has 166 valence electrons. The third-order valence-electron chi connectivity index (χ3n) is 6.13. The van der Waals surface area contributed by atoms with Crippen LogP contribution in [0.4, 0.5) is 0 Å². The van der Waals surface area contributed by atoms with Gasteiger partial charge in [-0.1, -0.05) is 49.4 Å². The third kappa shape index (κ3) is 4.72. The van der Waals surface area contributed by atoms with Gasteiger partial charge in [0, 0.05) is 19.1 Å². The first-order valence-corrected chi connectivity index (χ1v) is 11.1. The van der Waals surface area contributed by atoms with Crippen molar-refractivity contribution in [2.24, 2.45) is 0 Å². The molecule has 3 aromatic rings. The average molecular weight is 433 g/mol. The Morgan fingerprint density at radius 1 is 1.06 bits per heavy atom. The van der Waals surface area contributed by atoms with Gasteiger partial charge in [0.2, 0.25) is 11.8 Å². The van der Waals surface area contributed by atoms with Gasteiger partial charge in [-0.3, -0.25) is 19.0 Å². The summed E-state index contributed by atoms with van der Waals surface area (Å²) in [6, 6.07) is 17.2. The Morgan fingerprint density at radius 2 is 1.75 bits per heavy atom. The van der Waals surface area contributed by atoms with E-state index in [-0.39, 0.29) is 35.9 Å². The van der Waals surface area contributed by atoms with Gasteiger partial charge in [-0.05, 0) is 37.0 Å². The van der Waals surface area contributed by atoms with Crippen LogP contribution >= 0.6 is 0 Å². The molecule has 1 aliphatic rings. The number of para-hydroxylation sites is 2. The van der Waals surface area contributed by atoms with Gasteiger partial charge in [-0.2, -0.15) is 0 Å². The minimum absolute atomic E-state index is 0.00726. The molecule has 0 bridgehead atoms. The number of carbonyl (C=O) groups is 2. The molecular formula is C25H28N4O3. The van der Waals surface area contributed by atoms with Crippen LogP contribution in [0.5, 0.6) is 0 Å². The average Bonchev–Trinajstić information content (AvgIpc) is 2.82. The Labute approximate surface area is 187 Å². The third-order valence-corrected chi connectivity index (χ3v) is 6.13. The van der Waals surface area contributed by atoms with E-state index in [4.69, 9.17) is 0 Å². The number of hydrogen-bond acceptors (Lipinski definition) is 4. The van der Waals surface area contributed by atoms with Crippen LogP contribution in [-0.2, 0) is 16.1 Å². The molecule has 2 amide bonds. The summed E-state index contributed by atoms with van der Waals surface area (Å²) >= 11 is 0. The van der Waals surface area contributed by atoms with Crippen molar-refractivity contribution in [2.75, 3.05) is 13.1 Å². The zero-order chi connectivity index (χ0) is 22.5. The fraction of sp³-hybridized carbons (Fsp3) is 0.360. The molecule has 4 rings (SSSR count). The van der Waals surface area contributed by atoms with Crippen molar-refractivity contribution in [3.63, 3.8) is 0 Å². The number of amides is 2. The second-order valence-electron chi connectivity index (χ2n) is 8.21. The van der Waals surface area contributed by atoms with Crippen LogP contribution in [0.25, 0.3) is 11.0 Å². The minimum Gasteiger partial charge on any atom is -0.352 e. The van der Waals surface area contributed by atoms with Crippen LogP contribution in [0.1, 0.15) is 37.7 Å². The number of nitrogens with one attached hydrogen (secondary N) is 1. The SMILES string of the molecule is CCC(C(=O)N1CCC(NC(=O)Cn2c(=O)cnc3ccccc32)CC1)c1ccccc1. The topological polar surface area (TPSA) is 84.3 Å². The molecular weight excluding hydrogens is 404 g/mol. The van der Waals surface area contributed by atoms with Crippen LogP contribution in [-0.4, -0.2) is 45.4 Å². The van der Waals surface area contributed by atoms with Crippen molar-refractivity contribution < 1.29 is 9.59 Å². The molecule has 7 heteroatoms. The van der Waals surface area contributed by atoms with Crippen LogP contribution in [0.15, 0.2) is 65.6 Å². The van der Waals surface area contributed by atoms with Gasteiger partial charge in [0.15, 0.2) is 0 Å². The maximum absolute atomic E-state index is 13.1. The summed E-state index contributed by atoms with van der Waals surface area (Å²) in [7, 11) is 0. The van der Waals surface area contributed by atoms with Crippen LogP contribution in [0.2, 0.25) is 0 Å². The standard InChI is InChI=1S/C25H28N4O3/c1-2-20(18-8-4-3-5-9-18)25(32)28-14-12-19(13-15-28)27-23(30)17-29-22-11-7-6-10-21(22)26-16-24(29)31/h3-11,16,19-20H,2,12-15,17H2,1H3,(H,27,30). The molecule has 1 N–H and O–H groups in total. The maximum Gasteiger partial charge on any atom is 0.269 e. The van der Waals surface area contributed by atoms with Crippen molar-refractivity contribution in [3.05, 3.63) is 76.7 Å². The predicted octanol–water partition coefficient (Wildman–Crippen LogP) is 2.70. The Bertz CT molecular complexity index is 1150. The minimum atomic E-state index is -0.300. The first kappa shape index (κ1) is 21.7. The molecule has 1 fully saturated rings. The van der Waals surface area contributed by atoms with E-state index in [0.717, 1.165) is 12.0 Å². The summed E-state index contributed by atoms with van der Waals surface area (Å²) in [5.74, 6) is -0.184. The molecule has 0 saturated carbocycles. The van der Waals surface area contributed by atoms with E-state index < -0.39 is 0 Å². The van der Waals surface area contributed by atoms with Crippen molar-refractivity contribution in [2.45, 2.75) is 44.7 Å². The Balaban J connectivity index is 1.34. The zero-order valence-electron chi connectivity index (χ0n) is 18.2. The fourth-order valence-corrected chi connectivity index (χ4v) is 4.40. The molecule has 2 aromatic carbocycles. The van der Waals surface area contributed by atoms with Crippen molar-refractivity contribution in [3.8, 4) is 0 Å². The molecule has 1 saturated heterocycles. The molecule has 1 aliphatic heterocycles. The normalized spacial score (nSPS) is 15.5. The number of aromatic nitrogens is 2. The highest BCUT2D eigenvalue weighted by Crippen LogP contribution is 2.24. The first-order chi connectivity index (χ1) is 15.6. The quantitative estimate of drug-likeness (QED) is 0.649. The van der Waals surface area contributed by atoms with Crippen LogP contribution < -0.4 is 10.9 Å². The molecule has 0 aliphatic carbocycles. The monoisotopic (exact) mass is 432 g/mol. The van der Waals surface area contributed by atoms with Crippen LogP contribution in [0.3, 0.4) is 0 Å². The molecule has 2 heterocycles. The van der Waals surface area contributed by atoms with Gasteiger partial charge in [0.05, 0.1) is 23.1 Å². The van der Waals surface area contributed by atoms with Gasteiger partial charge in [-0.15, -0.1) is 0 Å². The van der Waals surface area contributed by atoms with Crippen molar-refractivity contribution in [1.82, 2.24) is 19.8 Å². The summed E-state index contributed by atoms with van der Waals surface area (Å²) in [6.07, 6.45) is 3.41. The lowest BCUT2D eigenvalue weighted by Gasteiger charge is -2.34. The number of rotatable bonds is 6. The zero-order valence-corrected chi connectivity index (χ0v) is 18.2. The van der Waals surface area contributed by atoms with Gasteiger partial charge in [-0.25, -0.2) is 4.98 Å². The number of nitrogens with zero attached hydrogens (tertiary/aromatic N) is 3. The summed E-state index contributed by atoms with van der Waals surface area (Å²) in [6.45, 7) is 3.22. The first-order valence-electron chi connectivity index (χ1n) is 11.1. The van der Waals surface area contributed by atoms with E-state index >= 15 is 0 Å². The van der Waals surface area contributed by atoms with Gasteiger partial charge < -0.3 is 10.2 Å². The number of fused-ring (bicyclic) bond motifs is 1. The number of benzene rings is 2. The van der Waals surface area contributed by atoms with Crippen LogP contribution in [0, 0.1) is 0 Å². The van der Waals surface area contributed by atoms with Crippen molar-refractivity contribution in [1.29, 1.82) is 0 Å². The number of hydrogen-bond donors (Lipinski definition) is 1. The van der Waals surface area contributed by atoms with Gasteiger partial charge in [0.25, 0.3) is 5.56 Å². The number of carbonyl (C=O) groups excluding carboxylic acids is 2. The molecule has 1 atom stereocenters. The molecule has 0 spiro atoms. The highest BCUT2D eigenvalue weighted by molar-refractivity contribution is 5.84. The summed E-state index contributed by atoms with van der Waals surface area (Å²) < 4.78 is 1.45. The van der Waals surface area contributed by atoms with Gasteiger partial charge >= 0.3 is 0 Å². The van der Waals surface area contributed by atoms with E-state index in [9.17, 15) is 14.4 Å². The predicted molar refractivity (Wildman–Crippen MR) is 123 cm³/mol. The second-order valence-corrected chi connectivity index (χ2v) is 8.21. The molecule has 7 nitrogen and oxygen atoms in total. The van der Waals surface area contributed by atoms with E-state index in [1.54, 1.807) is 6.07 Å². The Kier molecular flexibility index (Phi) is 6.63. The van der Waals surface area contributed by atoms with E-state index in [0.29, 0.717) is 37.0 Å². The summed E-state index contributed by atoms with van der Waals surface area (Å²) in [5.41, 5.74) is 2.06. The molecule has 32 heavy (non-hydrogen) atoms. The van der Waals surface area contributed by atoms with E-state index in [1.165, 1.54) is 10.8 Å². The highest BCUT2D eigenvalue weighted by Gasteiger charge is 2.28. The molecule has 1 aromatic heterocycles. The summed E-state index contributed by atoms with van der Waals surface area (Å²) in [5, 5.41) is 3.04. The van der Waals surface area contributed by atoms with E-state index in [2.05, 4.69) is 10.3 Å². The number of piperidine rings is 1. The second kappa shape index (κ2) is 9.77. The lowest BCUT2D eigenvalue weighted by molar-refractivity contribution is -0.134. The van der Waals surface area contributed by atoms with Crippen molar-refractivity contribution >= 4 is 22.8 Å². The summed E-state index contributed by atoms with van der Waals surface area (Å²) in [4.78, 5) is 44.0. The van der Waals surface area contributed by atoms with E-state index in [1.807, 2.05) is 60.4 Å².